The molecule has 0 unspecified atom stereocenters. The zero-order valence-electron chi connectivity index (χ0n) is 8.01. The Hall–Kier alpha value is -0.610. The molecule has 0 radical (unpaired) electrons. The summed E-state index contributed by atoms with van der Waals surface area (Å²) >= 11 is 0. The molecule has 1 rings (SSSR count). The number of rotatable bonds is 6. The van der Waals surface area contributed by atoms with Crippen molar-refractivity contribution >= 4 is 5.91 Å². The second-order valence-electron chi connectivity index (χ2n) is 3.58. The Kier molecular flexibility index (Phi) is 3.69. The number of amides is 1. The van der Waals surface area contributed by atoms with Gasteiger partial charge in [0, 0.05) is 20.1 Å². The van der Waals surface area contributed by atoms with Gasteiger partial charge in [0.05, 0.1) is 12.1 Å². The molecule has 0 atom stereocenters. The van der Waals surface area contributed by atoms with Crippen molar-refractivity contribution in [3.63, 3.8) is 0 Å². The van der Waals surface area contributed by atoms with Crippen molar-refractivity contribution in [2.75, 3.05) is 20.3 Å². The molecule has 0 aromatic carbocycles. The molecule has 1 aliphatic carbocycles. The summed E-state index contributed by atoms with van der Waals surface area (Å²) in [5.74, 6) is 0.0172. The largest absolute Gasteiger partial charge is 0.394 e. The standard InChI is InChI=1S/C9H17NO3/c1-13-6-2-3-8(12)10-9(7-11)4-5-9/h11H,2-7H2,1H3,(H,10,12). The number of nitrogens with one attached hydrogen (secondary N) is 1. The summed E-state index contributed by atoms with van der Waals surface area (Å²) in [6, 6.07) is 0. The van der Waals surface area contributed by atoms with Crippen LogP contribution < -0.4 is 5.32 Å². The molecule has 0 spiro atoms. The van der Waals surface area contributed by atoms with Gasteiger partial charge in [-0.1, -0.05) is 0 Å². The highest BCUT2D eigenvalue weighted by molar-refractivity contribution is 5.77. The molecular formula is C9H17NO3. The zero-order chi connectivity index (χ0) is 9.73. The highest BCUT2D eigenvalue weighted by Gasteiger charge is 2.43. The summed E-state index contributed by atoms with van der Waals surface area (Å²) < 4.78 is 4.83. The minimum atomic E-state index is -0.274. The molecule has 4 nitrogen and oxygen atoms in total. The number of hydrogen-bond acceptors (Lipinski definition) is 3. The van der Waals surface area contributed by atoms with Gasteiger partial charge in [0.15, 0.2) is 0 Å². The maximum absolute atomic E-state index is 11.3. The van der Waals surface area contributed by atoms with Crippen LogP contribution in [0.1, 0.15) is 25.7 Å². The molecule has 13 heavy (non-hydrogen) atoms. The van der Waals surface area contributed by atoms with E-state index in [2.05, 4.69) is 5.32 Å². The van der Waals surface area contributed by atoms with Gasteiger partial charge in [0.1, 0.15) is 0 Å². The number of hydrogen-bond donors (Lipinski definition) is 2. The monoisotopic (exact) mass is 187 g/mol. The van der Waals surface area contributed by atoms with Crippen LogP contribution in [0.15, 0.2) is 0 Å². The van der Waals surface area contributed by atoms with Gasteiger partial charge < -0.3 is 15.2 Å². The summed E-state index contributed by atoms with van der Waals surface area (Å²) in [6.45, 7) is 0.669. The maximum Gasteiger partial charge on any atom is 0.220 e. The maximum atomic E-state index is 11.3. The van der Waals surface area contributed by atoms with E-state index in [4.69, 9.17) is 9.84 Å². The quantitative estimate of drug-likeness (QED) is 0.578. The Bertz CT molecular complexity index is 178. The molecule has 2 N–H and O–H groups in total. The first kappa shape index (κ1) is 10.5. The second kappa shape index (κ2) is 4.58. The van der Waals surface area contributed by atoms with E-state index in [-0.39, 0.29) is 18.1 Å². The van der Waals surface area contributed by atoms with Crippen molar-refractivity contribution in [1.29, 1.82) is 0 Å². The zero-order valence-corrected chi connectivity index (χ0v) is 8.01. The first-order valence-corrected chi connectivity index (χ1v) is 4.63. The summed E-state index contributed by atoms with van der Waals surface area (Å²) in [7, 11) is 1.62. The fraction of sp³-hybridized carbons (Fsp3) is 0.889. The van der Waals surface area contributed by atoms with Gasteiger partial charge in [-0.15, -0.1) is 0 Å². The van der Waals surface area contributed by atoms with E-state index < -0.39 is 0 Å². The van der Waals surface area contributed by atoms with Crippen LogP contribution in [-0.4, -0.2) is 36.9 Å². The van der Waals surface area contributed by atoms with Crippen LogP contribution in [-0.2, 0) is 9.53 Å². The summed E-state index contributed by atoms with van der Waals surface area (Å²) in [6.07, 6.45) is 3.03. The van der Waals surface area contributed by atoms with E-state index in [1.54, 1.807) is 7.11 Å². The van der Waals surface area contributed by atoms with Crippen LogP contribution in [0.25, 0.3) is 0 Å². The number of aliphatic hydroxyl groups is 1. The van der Waals surface area contributed by atoms with Crippen molar-refractivity contribution in [3.8, 4) is 0 Å². The highest BCUT2D eigenvalue weighted by atomic mass is 16.5. The minimum absolute atomic E-state index is 0.0172. The van der Waals surface area contributed by atoms with Crippen LogP contribution in [0.2, 0.25) is 0 Å². The topological polar surface area (TPSA) is 58.6 Å². The van der Waals surface area contributed by atoms with Gasteiger partial charge in [-0.25, -0.2) is 0 Å². The van der Waals surface area contributed by atoms with Crippen molar-refractivity contribution < 1.29 is 14.6 Å². The first-order valence-electron chi connectivity index (χ1n) is 4.63. The van der Waals surface area contributed by atoms with Gasteiger partial charge in [-0.05, 0) is 19.3 Å². The Morgan fingerprint density at radius 3 is 2.77 bits per heavy atom. The van der Waals surface area contributed by atoms with E-state index >= 15 is 0 Å². The van der Waals surface area contributed by atoms with Crippen LogP contribution in [0.3, 0.4) is 0 Å². The lowest BCUT2D eigenvalue weighted by molar-refractivity contribution is -0.122. The fourth-order valence-corrected chi connectivity index (χ4v) is 1.21. The molecule has 1 amide bonds. The van der Waals surface area contributed by atoms with E-state index in [0.717, 1.165) is 19.3 Å². The third-order valence-corrected chi connectivity index (χ3v) is 2.31. The number of carbonyl (C=O) groups is 1. The van der Waals surface area contributed by atoms with Crippen molar-refractivity contribution in [2.45, 2.75) is 31.2 Å². The molecule has 1 saturated carbocycles. The molecule has 0 bridgehead atoms. The highest BCUT2D eigenvalue weighted by Crippen LogP contribution is 2.34. The van der Waals surface area contributed by atoms with Crippen LogP contribution in [0.4, 0.5) is 0 Å². The van der Waals surface area contributed by atoms with Crippen molar-refractivity contribution in [2.24, 2.45) is 0 Å². The molecule has 0 aromatic rings. The normalized spacial score (nSPS) is 18.3. The summed E-state index contributed by atoms with van der Waals surface area (Å²) in [5, 5.41) is 11.8. The number of ether oxygens (including phenoxy) is 1. The molecule has 1 aliphatic rings. The number of carbonyl (C=O) groups excluding carboxylic acids is 1. The van der Waals surface area contributed by atoms with Gasteiger partial charge in [0.2, 0.25) is 5.91 Å². The second-order valence-corrected chi connectivity index (χ2v) is 3.58. The smallest absolute Gasteiger partial charge is 0.220 e. The number of aliphatic hydroxyl groups excluding tert-OH is 1. The molecular weight excluding hydrogens is 170 g/mol. The lowest BCUT2D eigenvalue weighted by atomic mass is 10.2. The predicted octanol–water partition coefficient (Wildman–Crippen LogP) is 0.0541. The van der Waals surface area contributed by atoms with E-state index in [1.807, 2.05) is 0 Å². The Balaban J connectivity index is 2.11. The van der Waals surface area contributed by atoms with Crippen molar-refractivity contribution in [3.05, 3.63) is 0 Å². The van der Waals surface area contributed by atoms with Crippen LogP contribution in [0, 0.1) is 0 Å². The van der Waals surface area contributed by atoms with E-state index in [0.29, 0.717) is 13.0 Å². The van der Waals surface area contributed by atoms with Crippen molar-refractivity contribution in [1.82, 2.24) is 5.32 Å². The average Bonchev–Trinajstić information content (AvgIpc) is 2.86. The average molecular weight is 187 g/mol. The molecule has 0 aromatic heterocycles. The molecule has 1 fully saturated rings. The fourth-order valence-electron chi connectivity index (χ4n) is 1.21. The Morgan fingerprint density at radius 1 is 1.62 bits per heavy atom. The van der Waals surface area contributed by atoms with Crippen LogP contribution in [0.5, 0.6) is 0 Å². The van der Waals surface area contributed by atoms with Gasteiger partial charge in [-0.2, -0.15) is 0 Å². The van der Waals surface area contributed by atoms with E-state index in [9.17, 15) is 4.79 Å². The minimum Gasteiger partial charge on any atom is -0.394 e. The molecule has 0 heterocycles. The first-order chi connectivity index (χ1) is 6.22. The Labute approximate surface area is 78.3 Å². The molecule has 0 saturated heterocycles. The summed E-state index contributed by atoms with van der Waals surface area (Å²) in [4.78, 5) is 11.3. The number of methoxy groups -OCH3 is 1. The SMILES string of the molecule is COCCCC(=O)NC1(CO)CC1. The van der Waals surface area contributed by atoms with Crippen LogP contribution >= 0.6 is 0 Å². The molecule has 0 aliphatic heterocycles. The predicted molar refractivity (Wildman–Crippen MR) is 48.3 cm³/mol. The summed E-state index contributed by atoms with van der Waals surface area (Å²) in [5.41, 5.74) is -0.274. The van der Waals surface area contributed by atoms with Gasteiger partial charge >= 0.3 is 0 Å². The lowest BCUT2D eigenvalue weighted by Crippen LogP contribution is -2.39. The van der Waals surface area contributed by atoms with Gasteiger partial charge in [-0.3, -0.25) is 4.79 Å². The molecule has 4 heteroatoms. The van der Waals surface area contributed by atoms with E-state index in [1.165, 1.54) is 0 Å². The third-order valence-electron chi connectivity index (χ3n) is 2.31. The Morgan fingerprint density at radius 2 is 2.31 bits per heavy atom. The lowest BCUT2D eigenvalue weighted by Gasteiger charge is -2.13. The third kappa shape index (κ3) is 3.32. The molecule has 76 valence electrons. The van der Waals surface area contributed by atoms with Gasteiger partial charge in [0.25, 0.3) is 0 Å².